The minimum atomic E-state index is 0.218. The van der Waals surface area contributed by atoms with Crippen LogP contribution in [0.3, 0.4) is 0 Å². The largest absolute Gasteiger partial charge is 0.340 e. The smallest absolute Gasteiger partial charge is 0.222 e. The first-order valence-electron chi connectivity index (χ1n) is 11.2. The van der Waals surface area contributed by atoms with Crippen molar-refractivity contribution < 1.29 is 4.79 Å². The highest BCUT2D eigenvalue weighted by atomic mass is 16.2. The Bertz CT molecular complexity index is 1260. The van der Waals surface area contributed by atoms with Crippen molar-refractivity contribution in [1.29, 1.82) is 0 Å². The molecule has 32 heavy (non-hydrogen) atoms. The van der Waals surface area contributed by atoms with Crippen LogP contribution in [0.1, 0.15) is 28.9 Å². The monoisotopic (exact) mass is 428 g/mol. The van der Waals surface area contributed by atoms with Crippen LogP contribution in [0.15, 0.2) is 48.8 Å². The fraction of sp³-hybridized carbons (Fsp3) is 0.360. The van der Waals surface area contributed by atoms with Gasteiger partial charge in [-0.15, -0.1) is 0 Å². The normalized spacial score (nSPS) is 15.0. The maximum Gasteiger partial charge on any atom is 0.222 e. The first kappa shape index (κ1) is 20.6. The lowest BCUT2D eigenvalue weighted by Gasteiger charge is -2.34. The molecule has 1 amide bonds. The molecule has 3 aromatic heterocycles. The van der Waals surface area contributed by atoms with E-state index in [1.54, 1.807) is 6.20 Å². The zero-order valence-corrected chi connectivity index (χ0v) is 18.7. The Hall–Kier alpha value is -3.32. The molecule has 7 heteroatoms. The Labute approximate surface area is 187 Å². The Kier molecular flexibility index (Phi) is 5.57. The van der Waals surface area contributed by atoms with Crippen LogP contribution in [0.25, 0.3) is 16.6 Å². The average Bonchev–Trinajstić information content (AvgIpc) is 3.19. The molecule has 0 saturated carbocycles. The number of hydrogen-bond acceptors (Lipinski definition) is 5. The summed E-state index contributed by atoms with van der Waals surface area (Å²) in [4.78, 5) is 26.3. The van der Waals surface area contributed by atoms with Crippen molar-refractivity contribution in [2.75, 3.05) is 26.2 Å². The molecule has 5 rings (SSSR count). The van der Waals surface area contributed by atoms with E-state index in [-0.39, 0.29) is 5.91 Å². The maximum atomic E-state index is 12.9. The molecule has 0 spiro atoms. The van der Waals surface area contributed by atoms with E-state index in [4.69, 9.17) is 10.1 Å². The number of aromatic nitrogens is 4. The summed E-state index contributed by atoms with van der Waals surface area (Å²) in [7, 11) is 0. The number of carbonyl (C=O) groups is 1. The van der Waals surface area contributed by atoms with Crippen LogP contribution < -0.4 is 0 Å². The molecule has 1 fully saturated rings. The van der Waals surface area contributed by atoms with Gasteiger partial charge in [-0.05, 0) is 49.6 Å². The van der Waals surface area contributed by atoms with Crippen LogP contribution in [0, 0.1) is 13.8 Å². The van der Waals surface area contributed by atoms with Crippen LogP contribution in [-0.2, 0) is 17.8 Å². The number of rotatable bonds is 5. The van der Waals surface area contributed by atoms with Crippen molar-refractivity contribution in [2.24, 2.45) is 0 Å². The molecular weight excluding hydrogens is 400 g/mol. The predicted molar refractivity (Wildman–Crippen MR) is 124 cm³/mol. The number of pyridine rings is 1. The molecule has 4 heterocycles. The predicted octanol–water partition coefficient (Wildman–Crippen LogP) is 3.17. The van der Waals surface area contributed by atoms with E-state index in [0.29, 0.717) is 12.8 Å². The Morgan fingerprint density at radius 1 is 1.03 bits per heavy atom. The topological polar surface area (TPSA) is 66.6 Å². The van der Waals surface area contributed by atoms with E-state index in [0.717, 1.165) is 66.2 Å². The summed E-state index contributed by atoms with van der Waals surface area (Å²) in [6.07, 6.45) is 4.89. The zero-order chi connectivity index (χ0) is 22.1. The van der Waals surface area contributed by atoms with Gasteiger partial charge in [0.1, 0.15) is 0 Å². The summed E-state index contributed by atoms with van der Waals surface area (Å²) in [5, 5.41) is 5.79. The highest BCUT2D eigenvalue weighted by Gasteiger charge is 2.22. The Morgan fingerprint density at radius 3 is 2.62 bits per heavy atom. The van der Waals surface area contributed by atoms with E-state index in [2.05, 4.69) is 28.9 Å². The van der Waals surface area contributed by atoms with Crippen LogP contribution in [0.4, 0.5) is 0 Å². The molecule has 1 aromatic carbocycles. The van der Waals surface area contributed by atoms with Gasteiger partial charge in [0.05, 0.1) is 5.52 Å². The standard InChI is InChI=1S/C25H28N6O/c1-18-21(19(2)31-25(27-18)22-7-3-4-8-23(22)28-31)9-10-24(32)30-14-12-29(13-15-30)17-20-6-5-11-26-16-20/h3-8,11,16H,9-10,12-15,17H2,1-2H3. The van der Waals surface area contributed by atoms with Gasteiger partial charge in [0.2, 0.25) is 5.91 Å². The summed E-state index contributed by atoms with van der Waals surface area (Å²) < 4.78 is 1.93. The number of piperazine rings is 1. The van der Waals surface area contributed by atoms with Crippen molar-refractivity contribution in [1.82, 2.24) is 29.4 Å². The fourth-order valence-electron chi connectivity index (χ4n) is 4.63. The minimum Gasteiger partial charge on any atom is -0.340 e. The van der Waals surface area contributed by atoms with E-state index in [1.165, 1.54) is 5.56 Å². The third-order valence-corrected chi connectivity index (χ3v) is 6.46. The Morgan fingerprint density at radius 2 is 1.84 bits per heavy atom. The van der Waals surface area contributed by atoms with Gasteiger partial charge < -0.3 is 4.90 Å². The quantitative estimate of drug-likeness (QED) is 0.489. The molecule has 0 unspecified atom stereocenters. The van der Waals surface area contributed by atoms with Gasteiger partial charge in [0.25, 0.3) is 0 Å². The number of carbonyl (C=O) groups excluding carboxylic acids is 1. The van der Waals surface area contributed by atoms with Crippen molar-refractivity contribution in [3.8, 4) is 0 Å². The number of fused-ring (bicyclic) bond motifs is 3. The Balaban J connectivity index is 1.23. The number of amides is 1. The van der Waals surface area contributed by atoms with Gasteiger partial charge in [-0.2, -0.15) is 5.10 Å². The molecule has 0 aliphatic carbocycles. The van der Waals surface area contributed by atoms with Crippen molar-refractivity contribution in [3.05, 3.63) is 71.3 Å². The van der Waals surface area contributed by atoms with Gasteiger partial charge >= 0.3 is 0 Å². The van der Waals surface area contributed by atoms with E-state index >= 15 is 0 Å². The molecule has 0 atom stereocenters. The van der Waals surface area contributed by atoms with E-state index in [1.807, 2.05) is 46.8 Å². The summed E-state index contributed by atoms with van der Waals surface area (Å²) in [5.41, 5.74) is 6.21. The maximum absolute atomic E-state index is 12.9. The third kappa shape index (κ3) is 3.96. The molecule has 1 aliphatic rings. The second-order valence-corrected chi connectivity index (χ2v) is 8.53. The lowest BCUT2D eigenvalue weighted by molar-refractivity contribution is -0.133. The number of nitrogens with zero attached hydrogens (tertiary/aromatic N) is 6. The molecule has 164 valence electrons. The van der Waals surface area contributed by atoms with Crippen LogP contribution >= 0.6 is 0 Å². The van der Waals surface area contributed by atoms with Crippen LogP contribution in [0.5, 0.6) is 0 Å². The first-order valence-corrected chi connectivity index (χ1v) is 11.2. The minimum absolute atomic E-state index is 0.218. The van der Waals surface area contributed by atoms with E-state index in [9.17, 15) is 4.79 Å². The summed E-state index contributed by atoms with van der Waals surface area (Å²) >= 11 is 0. The molecule has 4 aromatic rings. The molecule has 7 nitrogen and oxygen atoms in total. The molecule has 0 N–H and O–H groups in total. The zero-order valence-electron chi connectivity index (χ0n) is 18.7. The molecule has 0 radical (unpaired) electrons. The number of benzene rings is 1. The average molecular weight is 429 g/mol. The number of hydrogen-bond donors (Lipinski definition) is 0. The van der Waals surface area contributed by atoms with Gasteiger partial charge in [0.15, 0.2) is 5.65 Å². The molecular formula is C25H28N6O. The van der Waals surface area contributed by atoms with Crippen LogP contribution in [0.2, 0.25) is 0 Å². The van der Waals surface area contributed by atoms with Gasteiger partial charge in [-0.3, -0.25) is 14.7 Å². The van der Waals surface area contributed by atoms with Crippen molar-refractivity contribution in [3.63, 3.8) is 0 Å². The van der Waals surface area contributed by atoms with Gasteiger partial charge in [0, 0.05) is 68.3 Å². The first-order chi connectivity index (χ1) is 15.6. The SMILES string of the molecule is Cc1nc2c3ccccc3nn2c(C)c1CCC(=O)N1CCN(Cc2cccnc2)CC1. The molecule has 1 saturated heterocycles. The lowest BCUT2D eigenvalue weighted by atomic mass is 10.1. The van der Waals surface area contributed by atoms with Crippen molar-refractivity contribution in [2.45, 2.75) is 33.2 Å². The summed E-state index contributed by atoms with van der Waals surface area (Å²) in [5.74, 6) is 0.218. The molecule has 1 aliphatic heterocycles. The van der Waals surface area contributed by atoms with E-state index < -0.39 is 0 Å². The lowest BCUT2D eigenvalue weighted by Crippen LogP contribution is -2.48. The second kappa shape index (κ2) is 8.67. The summed E-state index contributed by atoms with van der Waals surface area (Å²) in [6.45, 7) is 8.34. The van der Waals surface area contributed by atoms with Gasteiger partial charge in [-0.1, -0.05) is 18.2 Å². The van der Waals surface area contributed by atoms with Crippen LogP contribution in [-0.4, -0.2) is 61.5 Å². The second-order valence-electron chi connectivity index (χ2n) is 8.53. The number of aryl methyl sites for hydroxylation is 2. The summed E-state index contributed by atoms with van der Waals surface area (Å²) in [6, 6.07) is 12.1. The van der Waals surface area contributed by atoms with Gasteiger partial charge in [-0.25, -0.2) is 9.50 Å². The van der Waals surface area contributed by atoms with Crippen molar-refractivity contribution >= 4 is 22.5 Å². The highest BCUT2D eigenvalue weighted by Crippen LogP contribution is 2.23. The molecule has 0 bridgehead atoms. The highest BCUT2D eigenvalue weighted by molar-refractivity contribution is 5.92. The third-order valence-electron chi connectivity index (χ3n) is 6.46. The fourth-order valence-corrected chi connectivity index (χ4v) is 4.63.